The highest BCUT2D eigenvalue weighted by molar-refractivity contribution is 5.78. The minimum atomic E-state index is -0.900. The summed E-state index contributed by atoms with van der Waals surface area (Å²) in [7, 11) is 0. The number of pyridine rings is 1. The van der Waals surface area contributed by atoms with Crippen LogP contribution in [-0.4, -0.2) is 23.2 Å². The molecule has 1 heterocycles. The van der Waals surface area contributed by atoms with Crippen molar-refractivity contribution in [2.24, 2.45) is 0 Å². The molecule has 0 fully saturated rings. The summed E-state index contributed by atoms with van der Waals surface area (Å²) in [5, 5.41) is 0. The molecule has 1 rings (SSSR count). The Morgan fingerprint density at radius 2 is 2.00 bits per heavy atom. The van der Waals surface area contributed by atoms with E-state index in [1.165, 1.54) is 13.8 Å². The van der Waals surface area contributed by atoms with Crippen LogP contribution >= 0.6 is 0 Å². The van der Waals surface area contributed by atoms with Gasteiger partial charge in [-0.3, -0.25) is 14.6 Å². The van der Waals surface area contributed by atoms with Crippen LogP contribution in [0, 0.1) is 0 Å². The van der Waals surface area contributed by atoms with Gasteiger partial charge in [0.1, 0.15) is 0 Å². The first-order chi connectivity index (χ1) is 8.93. The molecule has 5 nitrogen and oxygen atoms in total. The topological polar surface area (TPSA) is 65.5 Å². The van der Waals surface area contributed by atoms with Crippen LogP contribution in [0.15, 0.2) is 25.0 Å². The van der Waals surface area contributed by atoms with E-state index >= 15 is 0 Å². The SMILES string of the molecule is C=Cc1cncc(C(C)C(=O)OC(C)OC(C)=O)c1. The van der Waals surface area contributed by atoms with Gasteiger partial charge in [-0.25, -0.2) is 0 Å². The average Bonchev–Trinajstić information content (AvgIpc) is 2.36. The fourth-order valence-corrected chi connectivity index (χ4v) is 1.48. The lowest BCUT2D eigenvalue weighted by atomic mass is 10.0. The van der Waals surface area contributed by atoms with Gasteiger partial charge in [0, 0.05) is 26.2 Å². The molecule has 0 saturated carbocycles. The molecule has 5 heteroatoms. The van der Waals surface area contributed by atoms with E-state index in [-0.39, 0.29) is 0 Å². The number of hydrogen-bond donors (Lipinski definition) is 0. The molecular formula is C14H17NO4. The largest absolute Gasteiger partial charge is 0.426 e. The van der Waals surface area contributed by atoms with Crippen LogP contribution < -0.4 is 0 Å². The zero-order valence-electron chi connectivity index (χ0n) is 11.3. The molecular weight excluding hydrogens is 246 g/mol. The van der Waals surface area contributed by atoms with E-state index in [2.05, 4.69) is 11.6 Å². The van der Waals surface area contributed by atoms with Gasteiger partial charge in [0.2, 0.25) is 6.29 Å². The molecule has 0 aliphatic heterocycles. The number of hydrogen-bond acceptors (Lipinski definition) is 5. The van der Waals surface area contributed by atoms with E-state index in [0.29, 0.717) is 0 Å². The highest BCUT2D eigenvalue weighted by Gasteiger charge is 2.20. The molecule has 2 unspecified atom stereocenters. The summed E-state index contributed by atoms with van der Waals surface area (Å²) in [5.74, 6) is -1.47. The van der Waals surface area contributed by atoms with Crippen molar-refractivity contribution in [2.75, 3.05) is 0 Å². The minimum Gasteiger partial charge on any atom is -0.426 e. The zero-order valence-corrected chi connectivity index (χ0v) is 11.3. The summed E-state index contributed by atoms with van der Waals surface area (Å²) >= 11 is 0. The molecule has 19 heavy (non-hydrogen) atoms. The number of aromatic nitrogens is 1. The molecule has 0 bridgehead atoms. The van der Waals surface area contributed by atoms with Crippen molar-refractivity contribution in [2.45, 2.75) is 33.0 Å². The fraction of sp³-hybridized carbons (Fsp3) is 0.357. The Bertz CT molecular complexity index is 484. The third kappa shape index (κ3) is 4.54. The van der Waals surface area contributed by atoms with E-state index in [1.54, 1.807) is 25.4 Å². The van der Waals surface area contributed by atoms with Gasteiger partial charge in [-0.05, 0) is 24.1 Å². The van der Waals surface area contributed by atoms with Crippen molar-refractivity contribution in [1.29, 1.82) is 0 Å². The lowest BCUT2D eigenvalue weighted by Crippen LogP contribution is -2.23. The Kier molecular flexibility index (Phi) is 5.23. The Balaban J connectivity index is 2.70. The molecule has 0 aromatic carbocycles. The number of esters is 2. The first-order valence-corrected chi connectivity index (χ1v) is 5.89. The summed E-state index contributed by atoms with van der Waals surface area (Å²) in [6, 6.07) is 1.81. The van der Waals surface area contributed by atoms with Gasteiger partial charge >= 0.3 is 11.9 Å². The summed E-state index contributed by atoms with van der Waals surface area (Å²) < 4.78 is 9.75. The predicted molar refractivity (Wildman–Crippen MR) is 70.1 cm³/mol. The van der Waals surface area contributed by atoms with Gasteiger partial charge in [-0.1, -0.05) is 12.7 Å². The molecule has 0 aliphatic rings. The second-order valence-electron chi connectivity index (χ2n) is 4.09. The number of ether oxygens (including phenoxy) is 2. The van der Waals surface area contributed by atoms with Crippen molar-refractivity contribution in [3.05, 3.63) is 36.2 Å². The van der Waals surface area contributed by atoms with Crippen LogP contribution in [0.2, 0.25) is 0 Å². The van der Waals surface area contributed by atoms with E-state index < -0.39 is 24.1 Å². The van der Waals surface area contributed by atoms with Gasteiger partial charge in [-0.15, -0.1) is 0 Å². The molecule has 102 valence electrons. The molecule has 0 N–H and O–H groups in total. The van der Waals surface area contributed by atoms with Crippen molar-refractivity contribution in [3.8, 4) is 0 Å². The molecule has 0 spiro atoms. The van der Waals surface area contributed by atoms with E-state index in [4.69, 9.17) is 9.47 Å². The highest BCUT2D eigenvalue weighted by Crippen LogP contribution is 2.18. The van der Waals surface area contributed by atoms with Crippen molar-refractivity contribution >= 4 is 18.0 Å². The Labute approximate surface area is 112 Å². The maximum atomic E-state index is 11.9. The van der Waals surface area contributed by atoms with Crippen molar-refractivity contribution < 1.29 is 19.1 Å². The Morgan fingerprint density at radius 1 is 1.32 bits per heavy atom. The maximum absolute atomic E-state index is 11.9. The first kappa shape index (κ1) is 14.9. The standard InChI is InChI=1S/C14H17NO4/c1-5-12-6-13(8-15-7-12)9(2)14(17)19-11(4)18-10(3)16/h5-9,11H,1H2,2-4H3. The van der Waals surface area contributed by atoms with Gasteiger partial charge in [0.15, 0.2) is 0 Å². The van der Waals surface area contributed by atoms with Gasteiger partial charge in [0.05, 0.1) is 5.92 Å². The molecule has 0 saturated heterocycles. The summed E-state index contributed by atoms with van der Waals surface area (Å²) in [5.41, 5.74) is 1.54. The highest BCUT2D eigenvalue weighted by atomic mass is 16.7. The van der Waals surface area contributed by atoms with Crippen LogP contribution in [0.3, 0.4) is 0 Å². The quantitative estimate of drug-likeness (QED) is 0.602. The fourth-order valence-electron chi connectivity index (χ4n) is 1.48. The van der Waals surface area contributed by atoms with Gasteiger partial charge < -0.3 is 9.47 Å². The van der Waals surface area contributed by atoms with Gasteiger partial charge in [0.25, 0.3) is 0 Å². The third-order valence-corrected chi connectivity index (χ3v) is 2.48. The van der Waals surface area contributed by atoms with Crippen molar-refractivity contribution in [3.63, 3.8) is 0 Å². The number of carbonyl (C=O) groups excluding carboxylic acids is 2. The third-order valence-electron chi connectivity index (χ3n) is 2.48. The minimum absolute atomic E-state index is 0.475. The van der Waals surface area contributed by atoms with Gasteiger partial charge in [-0.2, -0.15) is 0 Å². The van der Waals surface area contributed by atoms with Crippen LogP contribution in [0.5, 0.6) is 0 Å². The first-order valence-electron chi connectivity index (χ1n) is 5.89. The van der Waals surface area contributed by atoms with Crippen molar-refractivity contribution in [1.82, 2.24) is 4.98 Å². The smallest absolute Gasteiger partial charge is 0.316 e. The monoisotopic (exact) mass is 263 g/mol. The zero-order chi connectivity index (χ0) is 14.4. The lowest BCUT2D eigenvalue weighted by molar-refractivity contribution is -0.183. The summed E-state index contributed by atoms with van der Waals surface area (Å²) in [4.78, 5) is 26.6. The maximum Gasteiger partial charge on any atom is 0.316 e. The second kappa shape index (κ2) is 6.68. The number of rotatable bonds is 5. The Morgan fingerprint density at radius 3 is 2.58 bits per heavy atom. The van der Waals surface area contributed by atoms with E-state index in [1.807, 2.05) is 6.07 Å². The lowest BCUT2D eigenvalue weighted by Gasteiger charge is -2.16. The second-order valence-corrected chi connectivity index (χ2v) is 4.09. The number of carbonyl (C=O) groups is 2. The van der Waals surface area contributed by atoms with E-state index in [0.717, 1.165) is 11.1 Å². The molecule has 1 aromatic rings. The normalized spacial score (nSPS) is 13.2. The molecule has 0 aliphatic carbocycles. The van der Waals surface area contributed by atoms with Crippen LogP contribution in [0.25, 0.3) is 6.08 Å². The average molecular weight is 263 g/mol. The Hall–Kier alpha value is -2.17. The molecule has 0 amide bonds. The summed E-state index contributed by atoms with van der Waals surface area (Å²) in [6.07, 6.45) is 3.99. The summed E-state index contributed by atoms with van der Waals surface area (Å²) in [6.45, 7) is 8.09. The van der Waals surface area contributed by atoms with E-state index in [9.17, 15) is 9.59 Å². The molecule has 2 atom stereocenters. The van der Waals surface area contributed by atoms with Crippen LogP contribution in [0.4, 0.5) is 0 Å². The number of nitrogens with zero attached hydrogens (tertiary/aromatic N) is 1. The molecule has 0 radical (unpaired) electrons. The predicted octanol–water partition coefficient (Wildman–Crippen LogP) is 2.28. The molecule has 1 aromatic heterocycles. The van der Waals surface area contributed by atoms with Crippen LogP contribution in [-0.2, 0) is 19.1 Å². The van der Waals surface area contributed by atoms with Crippen LogP contribution in [0.1, 0.15) is 37.8 Å².